The van der Waals surface area contributed by atoms with Gasteiger partial charge in [-0.15, -0.1) is 0 Å². The molecular weight excluding hydrogens is 318 g/mol. The molecule has 0 saturated heterocycles. The van der Waals surface area contributed by atoms with Gasteiger partial charge in [0.15, 0.2) is 0 Å². The lowest BCUT2D eigenvalue weighted by atomic mass is 10.1. The Hall–Kier alpha value is -2.78. The van der Waals surface area contributed by atoms with Crippen molar-refractivity contribution in [3.05, 3.63) is 56.5 Å². The van der Waals surface area contributed by atoms with E-state index >= 15 is 0 Å². The minimum atomic E-state index is -0.513. The first-order valence-electron chi connectivity index (χ1n) is 6.73. The van der Waals surface area contributed by atoms with Crippen molar-refractivity contribution in [3.63, 3.8) is 0 Å². The second-order valence-electron chi connectivity index (χ2n) is 5.06. The van der Waals surface area contributed by atoms with Crippen LogP contribution in [0.15, 0.2) is 29.1 Å². The van der Waals surface area contributed by atoms with Crippen molar-refractivity contribution >= 4 is 23.2 Å². The third-order valence-corrected chi connectivity index (χ3v) is 3.59. The molecule has 1 amide bonds. The number of phenolic OH excluding ortho intramolecular Hbond substituents is 1. The lowest BCUT2D eigenvalue weighted by molar-refractivity contribution is -0.116. The average Bonchev–Trinajstić information content (AvgIpc) is 2.47. The number of nitrogens with zero attached hydrogens (tertiary/aromatic N) is 2. The van der Waals surface area contributed by atoms with E-state index < -0.39 is 11.5 Å². The molecule has 0 unspecified atom stereocenters. The van der Waals surface area contributed by atoms with Gasteiger partial charge in [0.25, 0.3) is 5.56 Å². The van der Waals surface area contributed by atoms with Gasteiger partial charge in [0.2, 0.25) is 5.91 Å². The van der Waals surface area contributed by atoms with Crippen LogP contribution in [0.5, 0.6) is 5.75 Å². The van der Waals surface area contributed by atoms with Crippen molar-refractivity contribution in [2.75, 3.05) is 5.32 Å². The van der Waals surface area contributed by atoms with Gasteiger partial charge < -0.3 is 15.0 Å². The number of carbonyl (C=O) groups is 1. The summed E-state index contributed by atoms with van der Waals surface area (Å²) in [5, 5.41) is 21.6. The Bertz CT molecular complexity index is 881. The molecule has 0 saturated carbocycles. The number of aryl methyl sites for hydroxylation is 2. The summed E-state index contributed by atoms with van der Waals surface area (Å²) in [6.45, 7) is 3.09. The zero-order valence-electron chi connectivity index (χ0n) is 12.6. The number of phenols is 1. The van der Waals surface area contributed by atoms with E-state index in [-0.39, 0.29) is 23.5 Å². The Morgan fingerprint density at radius 1 is 1.39 bits per heavy atom. The fourth-order valence-electron chi connectivity index (χ4n) is 2.20. The van der Waals surface area contributed by atoms with Crippen molar-refractivity contribution in [1.29, 1.82) is 5.26 Å². The number of halogens is 1. The van der Waals surface area contributed by atoms with E-state index in [4.69, 9.17) is 16.9 Å². The molecule has 0 spiro atoms. The van der Waals surface area contributed by atoms with Crippen LogP contribution in [0, 0.1) is 25.2 Å². The van der Waals surface area contributed by atoms with Crippen molar-refractivity contribution in [2.45, 2.75) is 20.4 Å². The van der Waals surface area contributed by atoms with Crippen LogP contribution in [0.4, 0.5) is 5.69 Å². The van der Waals surface area contributed by atoms with Gasteiger partial charge in [-0.3, -0.25) is 9.59 Å². The minimum Gasteiger partial charge on any atom is -0.506 e. The Morgan fingerprint density at radius 2 is 2.09 bits per heavy atom. The normalized spacial score (nSPS) is 10.2. The molecule has 6 nitrogen and oxygen atoms in total. The van der Waals surface area contributed by atoms with Crippen molar-refractivity contribution in [2.24, 2.45) is 0 Å². The number of aromatic nitrogens is 1. The average molecular weight is 332 g/mol. The number of carbonyl (C=O) groups excluding carboxylic acids is 1. The van der Waals surface area contributed by atoms with Gasteiger partial charge in [0.05, 0.1) is 5.69 Å². The summed E-state index contributed by atoms with van der Waals surface area (Å²) in [5.74, 6) is -0.669. The predicted octanol–water partition coefficient (Wildman–Crippen LogP) is 2.33. The standard InChI is InChI=1S/C16H14ClN3O3/c1-9-5-10(2)20(16(23)12(9)7-18)8-15(22)19-13-4-3-11(17)6-14(13)21/h3-6,21H,8H2,1-2H3,(H,19,22). The second kappa shape index (κ2) is 6.55. The SMILES string of the molecule is Cc1cc(C)n(CC(=O)Nc2ccc(Cl)cc2O)c(=O)c1C#N. The quantitative estimate of drug-likeness (QED) is 0.844. The molecule has 2 N–H and O–H groups in total. The van der Waals surface area contributed by atoms with Crippen LogP contribution >= 0.6 is 11.6 Å². The number of benzene rings is 1. The first-order chi connectivity index (χ1) is 10.8. The highest BCUT2D eigenvalue weighted by Crippen LogP contribution is 2.26. The van der Waals surface area contributed by atoms with Gasteiger partial charge in [-0.25, -0.2) is 0 Å². The topological polar surface area (TPSA) is 95.1 Å². The molecule has 0 bridgehead atoms. The summed E-state index contributed by atoms with van der Waals surface area (Å²) >= 11 is 5.72. The fourth-order valence-corrected chi connectivity index (χ4v) is 2.37. The lowest BCUT2D eigenvalue weighted by Gasteiger charge is -2.12. The van der Waals surface area contributed by atoms with Crippen LogP contribution < -0.4 is 10.9 Å². The third kappa shape index (κ3) is 3.52. The molecule has 0 radical (unpaired) electrons. The highest BCUT2D eigenvalue weighted by atomic mass is 35.5. The molecule has 7 heteroatoms. The highest BCUT2D eigenvalue weighted by molar-refractivity contribution is 6.30. The maximum Gasteiger partial charge on any atom is 0.269 e. The summed E-state index contributed by atoms with van der Waals surface area (Å²) in [6.07, 6.45) is 0. The van der Waals surface area contributed by atoms with E-state index in [2.05, 4.69) is 5.32 Å². The van der Waals surface area contributed by atoms with E-state index in [0.29, 0.717) is 16.3 Å². The summed E-state index contributed by atoms with van der Waals surface area (Å²) in [7, 11) is 0. The summed E-state index contributed by atoms with van der Waals surface area (Å²) in [5.41, 5.74) is 0.833. The number of aromatic hydroxyl groups is 1. The molecule has 1 aromatic carbocycles. The van der Waals surface area contributed by atoms with Crippen molar-refractivity contribution in [3.8, 4) is 11.8 Å². The summed E-state index contributed by atoms with van der Waals surface area (Å²) in [4.78, 5) is 24.3. The van der Waals surface area contributed by atoms with Crippen LogP contribution in [0.2, 0.25) is 5.02 Å². The van der Waals surface area contributed by atoms with E-state index in [1.165, 1.54) is 22.8 Å². The third-order valence-electron chi connectivity index (χ3n) is 3.35. The smallest absolute Gasteiger partial charge is 0.269 e. The number of pyridine rings is 1. The van der Waals surface area contributed by atoms with Crippen LogP contribution in [-0.4, -0.2) is 15.6 Å². The van der Waals surface area contributed by atoms with Gasteiger partial charge in [-0.2, -0.15) is 5.26 Å². The predicted molar refractivity (Wildman–Crippen MR) is 86.6 cm³/mol. The van der Waals surface area contributed by atoms with Crippen LogP contribution in [0.3, 0.4) is 0 Å². The Balaban J connectivity index is 2.28. The molecule has 2 rings (SSSR count). The number of anilines is 1. The zero-order chi connectivity index (χ0) is 17.1. The number of nitrogens with one attached hydrogen (secondary N) is 1. The lowest BCUT2D eigenvalue weighted by Crippen LogP contribution is -2.31. The monoisotopic (exact) mass is 331 g/mol. The number of rotatable bonds is 3. The van der Waals surface area contributed by atoms with Gasteiger partial charge in [-0.1, -0.05) is 11.6 Å². The minimum absolute atomic E-state index is 0.0118. The van der Waals surface area contributed by atoms with Crippen LogP contribution in [0.25, 0.3) is 0 Å². The molecule has 1 aromatic heterocycles. The van der Waals surface area contributed by atoms with Gasteiger partial charge >= 0.3 is 0 Å². The van der Waals surface area contributed by atoms with E-state index in [9.17, 15) is 14.7 Å². The summed E-state index contributed by atoms with van der Waals surface area (Å²) in [6, 6.07) is 7.80. The number of amides is 1. The Morgan fingerprint density at radius 3 is 2.70 bits per heavy atom. The molecule has 0 fully saturated rings. The molecule has 23 heavy (non-hydrogen) atoms. The molecule has 0 aliphatic carbocycles. The zero-order valence-corrected chi connectivity index (χ0v) is 13.3. The second-order valence-corrected chi connectivity index (χ2v) is 5.49. The van der Waals surface area contributed by atoms with Gasteiger partial charge in [0.1, 0.15) is 23.9 Å². The number of nitriles is 1. The Labute approximate surface area is 137 Å². The molecular formula is C16H14ClN3O3. The maximum absolute atomic E-state index is 12.2. The number of hydrogen-bond donors (Lipinski definition) is 2. The molecule has 2 aromatic rings. The van der Waals surface area contributed by atoms with Crippen LogP contribution in [-0.2, 0) is 11.3 Å². The van der Waals surface area contributed by atoms with Crippen LogP contribution in [0.1, 0.15) is 16.8 Å². The molecule has 0 atom stereocenters. The molecule has 118 valence electrons. The first kappa shape index (κ1) is 16.6. The largest absolute Gasteiger partial charge is 0.506 e. The van der Waals surface area contributed by atoms with Crippen molar-refractivity contribution in [1.82, 2.24) is 4.57 Å². The molecule has 0 aliphatic heterocycles. The number of hydrogen-bond acceptors (Lipinski definition) is 4. The van der Waals surface area contributed by atoms with Crippen molar-refractivity contribution < 1.29 is 9.90 Å². The van der Waals surface area contributed by atoms with E-state index in [0.717, 1.165) is 0 Å². The molecule has 0 aliphatic rings. The highest BCUT2D eigenvalue weighted by Gasteiger charge is 2.14. The van der Waals surface area contributed by atoms with Gasteiger partial charge in [-0.05, 0) is 37.6 Å². The fraction of sp³-hybridized carbons (Fsp3) is 0.188. The van der Waals surface area contributed by atoms with E-state index in [1.807, 2.05) is 6.07 Å². The molecule has 1 heterocycles. The van der Waals surface area contributed by atoms with Gasteiger partial charge in [0, 0.05) is 16.8 Å². The van der Waals surface area contributed by atoms with E-state index in [1.54, 1.807) is 19.9 Å². The summed E-state index contributed by atoms with van der Waals surface area (Å²) < 4.78 is 1.22. The first-order valence-corrected chi connectivity index (χ1v) is 7.10. The maximum atomic E-state index is 12.2. The Kier molecular flexibility index (Phi) is 4.72.